The van der Waals surface area contributed by atoms with Gasteiger partial charge in [0.15, 0.2) is 0 Å². The summed E-state index contributed by atoms with van der Waals surface area (Å²) >= 11 is 0. The molecule has 2 aliphatic heterocycles. The van der Waals surface area contributed by atoms with Crippen molar-refractivity contribution < 1.29 is 24.3 Å². The smallest absolute Gasteiger partial charge is 0.326 e. The molecule has 0 unspecified atom stereocenters. The number of piperidine rings is 1. The zero-order valence-electron chi connectivity index (χ0n) is 23.7. The van der Waals surface area contributed by atoms with Gasteiger partial charge in [0.05, 0.1) is 12.6 Å². The number of likely N-dealkylation sites (tertiary alicyclic amines) is 2. The molecule has 3 amide bonds. The number of aliphatic carboxylic acids is 1. The molecule has 0 radical (unpaired) electrons. The molecule has 2 fully saturated rings. The van der Waals surface area contributed by atoms with Gasteiger partial charge in [0.1, 0.15) is 6.04 Å². The van der Waals surface area contributed by atoms with Crippen molar-refractivity contribution in [3.63, 3.8) is 0 Å². The molecule has 2 aliphatic rings. The minimum atomic E-state index is -0.994. The van der Waals surface area contributed by atoms with Gasteiger partial charge in [-0.3, -0.25) is 14.4 Å². The van der Waals surface area contributed by atoms with Gasteiger partial charge < -0.3 is 25.1 Å². The van der Waals surface area contributed by atoms with Crippen molar-refractivity contribution in [2.75, 3.05) is 40.3 Å². The van der Waals surface area contributed by atoms with Crippen molar-refractivity contribution >= 4 is 24.2 Å². The molecule has 2 N–H and O–H groups in total. The molecule has 0 saturated carbocycles. The zero-order chi connectivity index (χ0) is 27.8. The average molecular weight is 511 g/mol. The van der Waals surface area contributed by atoms with Gasteiger partial charge in [-0.05, 0) is 64.6 Å². The number of carboxylic acid groups (broad SMARTS) is 1. The molecule has 0 aliphatic carbocycles. The van der Waals surface area contributed by atoms with Gasteiger partial charge in [0.25, 0.3) is 0 Å². The van der Waals surface area contributed by atoms with Crippen molar-refractivity contribution in [3.8, 4) is 0 Å². The third kappa shape index (κ3) is 13.0. The number of nitrogens with one attached hydrogen (secondary N) is 1. The minimum Gasteiger partial charge on any atom is -0.480 e. The maximum Gasteiger partial charge on any atom is 0.326 e. The van der Waals surface area contributed by atoms with Crippen LogP contribution in [0.15, 0.2) is 11.6 Å². The van der Waals surface area contributed by atoms with Gasteiger partial charge >= 0.3 is 5.97 Å². The third-order valence-corrected chi connectivity index (χ3v) is 6.00. The Balaban J connectivity index is 0.000000913. The predicted molar refractivity (Wildman–Crippen MR) is 143 cm³/mol. The largest absolute Gasteiger partial charge is 0.480 e. The first-order valence-electron chi connectivity index (χ1n) is 13.2. The second-order valence-electron chi connectivity index (χ2n) is 10.7. The molecule has 9 heteroatoms. The maximum absolute atomic E-state index is 12.6. The van der Waals surface area contributed by atoms with E-state index < -0.39 is 12.0 Å². The number of rotatable bonds is 8. The Kier molecular flexibility index (Phi) is 16.7. The van der Waals surface area contributed by atoms with E-state index in [9.17, 15) is 24.3 Å². The Morgan fingerprint density at radius 2 is 1.58 bits per heavy atom. The van der Waals surface area contributed by atoms with Crippen LogP contribution in [-0.4, -0.2) is 96.4 Å². The summed E-state index contributed by atoms with van der Waals surface area (Å²) in [5, 5.41) is 11.6. The second-order valence-corrected chi connectivity index (χ2v) is 10.7. The van der Waals surface area contributed by atoms with Crippen LogP contribution in [-0.2, 0) is 19.2 Å². The lowest BCUT2D eigenvalue weighted by molar-refractivity contribution is -0.146. The van der Waals surface area contributed by atoms with Crippen molar-refractivity contribution in [3.05, 3.63) is 11.6 Å². The van der Waals surface area contributed by atoms with E-state index in [1.165, 1.54) is 42.2 Å². The molecule has 0 aromatic carbocycles. The van der Waals surface area contributed by atoms with Gasteiger partial charge in [-0.1, -0.05) is 47.1 Å². The van der Waals surface area contributed by atoms with Crippen molar-refractivity contribution in [2.45, 2.75) is 85.7 Å². The van der Waals surface area contributed by atoms with E-state index in [2.05, 4.69) is 38.0 Å². The number of likely N-dealkylation sites (N-methyl/N-ethyl adjacent to an activating group) is 1. The topological polar surface area (TPSA) is 110 Å². The van der Waals surface area contributed by atoms with Crippen LogP contribution in [0.25, 0.3) is 0 Å². The number of carbonyl (C=O) groups excluding carboxylic acids is 3. The van der Waals surface area contributed by atoms with Crippen LogP contribution in [0.2, 0.25) is 0 Å². The van der Waals surface area contributed by atoms with E-state index in [1.54, 1.807) is 20.0 Å². The van der Waals surface area contributed by atoms with E-state index in [4.69, 9.17) is 0 Å². The summed E-state index contributed by atoms with van der Waals surface area (Å²) in [6, 6.07) is -1.12. The molecule has 2 heterocycles. The Hall–Kier alpha value is -2.42. The molecule has 208 valence electrons. The van der Waals surface area contributed by atoms with Crippen molar-refractivity contribution in [2.24, 2.45) is 11.8 Å². The summed E-state index contributed by atoms with van der Waals surface area (Å²) < 4.78 is 0. The number of hydrogen-bond acceptors (Lipinski definition) is 5. The number of hydrogen-bond donors (Lipinski definition) is 2. The van der Waals surface area contributed by atoms with Crippen LogP contribution in [0.4, 0.5) is 0 Å². The highest BCUT2D eigenvalue weighted by Gasteiger charge is 2.34. The summed E-state index contributed by atoms with van der Waals surface area (Å²) in [6.07, 6.45) is 7.55. The monoisotopic (exact) mass is 510 g/mol. The lowest BCUT2D eigenvalue weighted by Gasteiger charge is -2.30. The Morgan fingerprint density at radius 3 is 2.00 bits per heavy atom. The summed E-state index contributed by atoms with van der Waals surface area (Å²) in [7, 11) is 3.81. The highest BCUT2D eigenvalue weighted by molar-refractivity contribution is 5.96. The average Bonchev–Trinajstić information content (AvgIpc) is 3.30. The first kappa shape index (κ1) is 33.6. The fourth-order valence-corrected chi connectivity index (χ4v) is 4.04. The molecule has 2 rings (SSSR count). The minimum absolute atomic E-state index is 0.0433. The fourth-order valence-electron chi connectivity index (χ4n) is 4.04. The highest BCUT2D eigenvalue weighted by Crippen LogP contribution is 2.21. The predicted octanol–water partition coefficient (Wildman–Crippen LogP) is 3.00. The van der Waals surface area contributed by atoms with Crippen LogP contribution >= 0.6 is 0 Å². The van der Waals surface area contributed by atoms with Crippen LogP contribution in [0.3, 0.4) is 0 Å². The summed E-state index contributed by atoms with van der Waals surface area (Å²) in [6.45, 7) is 14.9. The number of nitrogens with zero attached hydrogens (tertiary/aromatic N) is 3. The van der Waals surface area contributed by atoms with E-state index in [0.717, 1.165) is 5.92 Å². The summed E-state index contributed by atoms with van der Waals surface area (Å²) in [5.41, 5.74) is 0.412. The molecule has 2 atom stereocenters. The molecular formula is C27H50N4O5. The number of amides is 3. The first-order chi connectivity index (χ1) is 16.8. The SMILES string of the molecule is C/C(=C\[C@H](C(C)C)N(C)C(=O)CNC=O)C(=O)N1CCC[C@H]1C(=O)O.CC(C)C.CN1CCCCC1. The normalized spacial score (nSPS) is 19.0. The number of carboxylic acids is 1. The van der Waals surface area contributed by atoms with Crippen LogP contribution < -0.4 is 5.32 Å². The fraction of sp³-hybridized carbons (Fsp3) is 0.778. The third-order valence-electron chi connectivity index (χ3n) is 6.00. The molecule has 9 nitrogen and oxygen atoms in total. The van der Waals surface area contributed by atoms with Crippen LogP contribution in [0.5, 0.6) is 0 Å². The van der Waals surface area contributed by atoms with Crippen LogP contribution in [0.1, 0.15) is 73.6 Å². The number of carbonyl (C=O) groups is 4. The van der Waals surface area contributed by atoms with Gasteiger partial charge in [0.2, 0.25) is 18.2 Å². The molecule has 0 spiro atoms. The Morgan fingerprint density at radius 1 is 1.03 bits per heavy atom. The van der Waals surface area contributed by atoms with Gasteiger partial charge in [-0.2, -0.15) is 0 Å². The van der Waals surface area contributed by atoms with Gasteiger partial charge in [-0.25, -0.2) is 4.79 Å². The van der Waals surface area contributed by atoms with Gasteiger partial charge in [-0.15, -0.1) is 0 Å². The van der Waals surface area contributed by atoms with E-state index in [-0.39, 0.29) is 30.3 Å². The molecule has 0 aromatic heterocycles. The quantitative estimate of drug-likeness (QED) is 0.384. The summed E-state index contributed by atoms with van der Waals surface area (Å²) in [4.78, 5) is 51.6. The van der Waals surface area contributed by atoms with E-state index in [0.29, 0.717) is 31.4 Å². The van der Waals surface area contributed by atoms with Gasteiger partial charge in [0, 0.05) is 19.2 Å². The van der Waals surface area contributed by atoms with E-state index in [1.807, 2.05) is 13.8 Å². The first-order valence-corrected chi connectivity index (χ1v) is 13.2. The Labute approximate surface area is 218 Å². The van der Waals surface area contributed by atoms with Crippen molar-refractivity contribution in [1.82, 2.24) is 20.0 Å². The molecular weight excluding hydrogens is 460 g/mol. The lowest BCUT2D eigenvalue weighted by atomic mass is 9.99. The van der Waals surface area contributed by atoms with E-state index >= 15 is 0 Å². The summed E-state index contributed by atoms with van der Waals surface area (Å²) in [5.74, 6) is -0.706. The molecule has 0 bridgehead atoms. The lowest BCUT2D eigenvalue weighted by Crippen LogP contribution is -2.44. The Bertz CT molecular complexity index is 714. The zero-order valence-corrected chi connectivity index (χ0v) is 23.7. The standard InChI is InChI=1S/C17H27N3O5.C6H13N.C4H10/c1-11(2)14(19(4)15(22)9-18-10-21)8-12(3)16(23)20-7-5-6-13(20)17(24)25;1-7-5-3-2-4-6-7;1-4(2)3/h8,10-11,13-14H,5-7,9H2,1-4H3,(H,18,21)(H,24,25);2-6H2,1H3;4H,1-3H3/b12-8+;;/t13-,14+;;/m0../s1. The maximum atomic E-state index is 12.6. The van der Waals surface area contributed by atoms with Crippen molar-refractivity contribution in [1.29, 1.82) is 0 Å². The molecule has 0 aromatic rings. The second kappa shape index (κ2) is 17.9. The molecule has 36 heavy (non-hydrogen) atoms. The van der Waals surface area contributed by atoms with Crippen LogP contribution in [0, 0.1) is 11.8 Å². The molecule has 2 saturated heterocycles. The highest BCUT2D eigenvalue weighted by atomic mass is 16.4.